The Balaban J connectivity index is 0.00000200. The molecule has 0 aliphatic carbocycles. The lowest BCUT2D eigenvalue weighted by atomic mass is 10.0. The molecule has 1 atom stereocenters. The van der Waals surface area contributed by atoms with Crippen molar-refractivity contribution in [2.24, 2.45) is 5.92 Å². The summed E-state index contributed by atoms with van der Waals surface area (Å²) in [4.78, 5) is 0.204. The number of halogens is 1. The first-order valence-electron chi connectivity index (χ1n) is 6.32. The molecule has 0 bridgehead atoms. The lowest BCUT2D eigenvalue weighted by Crippen LogP contribution is -2.38. The standard InChI is InChI=1S/C13H17N3O2S.ClH/c14-8-11-3-5-13(6-4-11)19(17,18)16-10-12-2-1-7-15-9-12;/h3-6,12,15-16H,1-2,7,9-10H2;1H. The van der Waals surface area contributed by atoms with E-state index in [2.05, 4.69) is 10.0 Å². The number of nitrogens with one attached hydrogen (secondary N) is 2. The van der Waals surface area contributed by atoms with Crippen LogP contribution in [0.25, 0.3) is 0 Å². The van der Waals surface area contributed by atoms with Crippen LogP contribution in [0.2, 0.25) is 0 Å². The first-order chi connectivity index (χ1) is 9.12. The average Bonchev–Trinajstić information content (AvgIpc) is 2.46. The highest BCUT2D eigenvalue weighted by Gasteiger charge is 2.18. The van der Waals surface area contributed by atoms with Gasteiger partial charge in [-0.1, -0.05) is 0 Å². The zero-order valence-electron chi connectivity index (χ0n) is 11.0. The van der Waals surface area contributed by atoms with E-state index in [1.165, 1.54) is 24.3 Å². The number of piperidine rings is 1. The van der Waals surface area contributed by atoms with Gasteiger partial charge in [-0.15, -0.1) is 12.4 Å². The lowest BCUT2D eigenvalue weighted by molar-refractivity contribution is 0.376. The van der Waals surface area contributed by atoms with Gasteiger partial charge in [0.1, 0.15) is 0 Å². The molecule has 1 heterocycles. The third kappa shape index (κ3) is 4.46. The molecule has 20 heavy (non-hydrogen) atoms. The molecule has 5 nitrogen and oxygen atoms in total. The summed E-state index contributed by atoms with van der Waals surface area (Å²) < 4.78 is 26.8. The highest BCUT2D eigenvalue weighted by atomic mass is 35.5. The number of nitrogens with zero attached hydrogens (tertiary/aromatic N) is 1. The molecule has 2 N–H and O–H groups in total. The topological polar surface area (TPSA) is 82.0 Å². The molecule has 1 aliphatic heterocycles. The summed E-state index contributed by atoms with van der Waals surface area (Å²) in [5, 5.41) is 11.9. The molecule has 1 fully saturated rings. The second kappa shape index (κ2) is 7.60. The predicted octanol–water partition coefficient (Wildman–Crippen LogP) is 1.26. The third-order valence-corrected chi connectivity index (χ3v) is 4.69. The largest absolute Gasteiger partial charge is 0.316 e. The molecule has 1 aliphatic rings. The molecule has 0 spiro atoms. The Morgan fingerprint density at radius 2 is 2.05 bits per heavy atom. The van der Waals surface area contributed by atoms with Gasteiger partial charge in [0.15, 0.2) is 0 Å². The van der Waals surface area contributed by atoms with Crippen LogP contribution in [-0.2, 0) is 10.0 Å². The monoisotopic (exact) mass is 315 g/mol. The highest BCUT2D eigenvalue weighted by Crippen LogP contribution is 2.12. The predicted molar refractivity (Wildman–Crippen MR) is 79.2 cm³/mol. The van der Waals surface area contributed by atoms with Crippen molar-refractivity contribution in [2.75, 3.05) is 19.6 Å². The minimum absolute atomic E-state index is 0. The van der Waals surface area contributed by atoms with Gasteiger partial charge >= 0.3 is 0 Å². The van der Waals surface area contributed by atoms with Crippen molar-refractivity contribution in [3.05, 3.63) is 29.8 Å². The molecule has 0 saturated carbocycles. The van der Waals surface area contributed by atoms with Crippen LogP contribution in [0.3, 0.4) is 0 Å². The van der Waals surface area contributed by atoms with Gasteiger partial charge in [-0.3, -0.25) is 0 Å². The quantitative estimate of drug-likeness (QED) is 0.876. The summed E-state index contributed by atoms with van der Waals surface area (Å²) in [6.07, 6.45) is 2.13. The van der Waals surface area contributed by atoms with Gasteiger partial charge in [0.05, 0.1) is 16.5 Å². The van der Waals surface area contributed by atoms with Crippen molar-refractivity contribution in [1.82, 2.24) is 10.0 Å². The maximum atomic E-state index is 12.1. The zero-order valence-corrected chi connectivity index (χ0v) is 12.6. The van der Waals surface area contributed by atoms with Crippen LogP contribution in [0.4, 0.5) is 0 Å². The van der Waals surface area contributed by atoms with Crippen molar-refractivity contribution in [3.63, 3.8) is 0 Å². The van der Waals surface area contributed by atoms with E-state index in [-0.39, 0.29) is 17.3 Å². The molecular formula is C13H18ClN3O2S. The first kappa shape index (κ1) is 16.9. The fourth-order valence-corrected chi connectivity index (χ4v) is 3.23. The Morgan fingerprint density at radius 1 is 1.35 bits per heavy atom. The Labute approximate surface area is 125 Å². The van der Waals surface area contributed by atoms with Crippen molar-refractivity contribution in [3.8, 4) is 6.07 Å². The van der Waals surface area contributed by atoms with E-state index in [1.54, 1.807) is 0 Å². The number of rotatable bonds is 4. The summed E-state index contributed by atoms with van der Waals surface area (Å²) in [6, 6.07) is 7.90. The van der Waals surface area contributed by atoms with Crippen LogP contribution in [-0.4, -0.2) is 28.1 Å². The average molecular weight is 316 g/mol. The fourth-order valence-electron chi connectivity index (χ4n) is 2.12. The van der Waals surface area contributed by atoms with Crippen LogP contribution in [0, 0.1) is 17.2 Å². The third-order valence-electron chi connectivity index (χ3n) is 3.25. The molecule has 7 heteroatoms. The van der Waals surface area contributed by atoms with Gasteiger partial charge in [-0.05, 0) is 56.1 Å². The van der Waals surface area contributed by atoms with Crippen LogP contribution in [0.5, 0.6) is 0 Å². The summed E-state index contributed by atoms with van der Waals surface area (Å²) in [7, 11) is -3.47. The molecule has 0 aromatic heterocycles. The van der Waals surface area contributed by atoms with E-state index in [1.807, 2.05) is 6.07 Å². The molecule has 110 valence electrons. The van der Waals surface area contributed by atoms with Crippen LogP contribution < -0.4 is 10.0 Å². The lowest BCUT2D eigenvalue weighted by Gasteiger charge is -2.22. The van der Waals surface area contributed by atoms with Gasteiger partial charge in [0.25, 0.3) is 0 Å². The molecule has 0 radical (unpaired) electrons. The maximum Gasteiger partial charge on any atom is 0.240 e. The minimum atomic E-state index is -3.47. The molecule has 2 rings (SSSR count). The second-order valence-corrected chi connectivity index (χ2v) is 6.47. The summed E-state index contributed by atoms with van der Waals surface area (Å²) in [5.74, 6) is 0.349. The molecule has 1 aromatic carbocycles. The Bertz CT molecular complexity index is 560. The Hall–Kier alpha value is -1.13. The number of benzene rings is 1. The first-order valence-corrected chi connectivity index (χ1v) is 7.81. The normalized spacial score (nSPS) is 18.9. The van der Waals surface area contributed by atoms with Gasteiger partial charge in [-0.2, -0.15) is 5.26 Å². The summed E-state index contributed by atoms with van der Waals surface area (Å²) >= 11 is 0. The smallest absolute Gasteiger partial charge is 0.240 e. The van der Waals surface area contributed by atoms with E-state index < -0.39 is 10.0 Å². The van der Waals surface area contributed by atoms with E-state index in [9.17, 15) is 8.42 Å². The fraction of sp³-hybridized carbons (Fsp3) is 0.462. The summed E-state index contributed by atoms with van der Waals surface area (Å²) in [6.45, 7) is 2.32. The van der Waals surface area contributed by atoms with E-state index in [0.717, 1.165) is 25.9 Å². The Morgan fingerprint density at radius 3 is 2.60 bits per heavy atom. The number of hydrogen-bond acceptors (Lipinski definition) is 4. The van der Waals surface area contributed by atoms with Crippen molar-refractivity contribution >= 4 is 22.4 Å². The van der Waals surface area contributed by atoms with Crippen LogP contribution in [0.1, 0.15) is 18.4 Å². The Kier molecular flexibility index (Phi) is 6.43. The van der Waals surface area contributed by atoms with Crippen LogP contribution >= 0.6 is 12.4 Å². The summed E-state index contributed by atoms with van der Waals surface area (Å²) in [5.41, 5.74) is 0.454. The number of sulfonamides is 1. The molecule has 1 aromatic rings. The minimum Gasteiger partial charge on any atom is -0.316 e. The van der Waals surface area contributed by atoms with Gasteiger partial charge in [-0.25, -0.2) is 13.1 Å². The van der Waals surface area contributed by atoms with Crippen LogP contribution in [0.15, 0.2) is 29.2 Å². The van der Waals surface area contributed by atoms with Gasteiger partial charge < -0.3 is 5.32 Å². The van der Waals surface area contributed by atoms with Crippen molar-refractivity contribution in [2.45, 2.75) is 17.7 Å². The highest BCUT2D eigenvalue weighted by molar-refractivity contribution is 7.89. The molecular weight excluding hydrogens is 298 g/mol. The number of hydrogen-bond donors (Lipinski definition) is 2. The SMILES string of the molecule is Cl.N#Cc1ccc(S(=O)(=O)NCC2CCCNC2)cc1. The zero-order chi connectivity index (χ0) is 13.7. The van der Waals surface area contributed by atoms with Crippen molar-refractivity contribution in [1.29, 1.82) is 5.26 Å². The molecule has 0 amide bonds. The van der Waals surface area contributed by atoms with Gasteiger partial charge in [0, 0.05) is 6.54 Å². The second-order valence-electron chi connectivity index (χ2n) is 4.70. The van der Waals surface area contributed by atoms with Gasteiger partial charge in [0.2, 0.25) is 10.0 Å². The van der Waals surface area contributed by atoms with E-state index in [0.29, 0.717) is 18.0 Å². The number of nitriles is 1. The van der Waals surface area contributed by atoms with Crippen molar-refractivity contribution < 1.29 is 8.42 Å². The van der Waals surface area contributed by atoms with E-state index >= 15 is 0 Å². The molecule has 1 unspecified atom stereocenters. The van der Waals surface area contributed by atoms with E-state index in [4.69, 9.17) is 5.26 Å². The molecule has 1 saturated heterocycles. The maximum absolute atomic E-state index is 12.1.